The Kier molecular flexibility index (Phi) is 3.94. The summed E-state index contributed by atoms with van der Waals surface area (Å²) in [6.07, 6.45) is 1.59. The van der Waals surface area contributed by atoms with Crippen LogP contribution < -0.4 is 0 Å². The summed E-state index contributed by atoms with van der Waals surface area (Å²) in [5.74, 6) is -0.0990. The van der Waals surface area contributed by atoms with Gasteiger partial charge in [-0.15, -0.1) is 0 Å². The van der Waals surface area contributed by atoms with Crippen LogP contribution in [0.4, 0.5) is 0 Å². The maximum atomic E-state index is 11.2. The summed E-state index contributed by atoms with van der Waals surface area (Å²) in [5.41, 5.74) is 1.65. The first-order valence-electron chi connectivity index (χ1n) is 6.82. The molecule has 0 aliphatic carbocycles. The number of rotatable bonds is 4. The quantitative estimate of drug-likeness (QED) is 0.940. The van der Waals surface area contributed by atoms with E-state index in [0.29, 0.717) is 23.7 Å². The van der Waals surface area contributed by atoms with Gasteiger partial charge in [-0.2, -0.15) is 0 Å². The zero-order chi connectivity index (χ0) is 14.8. The smallest absolute Gasteiger partial charge is 0.320 e. The van der Waals surface area contributed by atoms with Gasteiger partial charge in [-0.05, 0) is 31.5 Å². The molecule has 1 aromatic carbocycles. The summed E-state index contributed by atoms with van der Waals surface area (Å²) in [6, 6.07) is 8.77. The molecule has 1 aliphatic rings. The van der Waals surface area contributed by atoms with E-state index >= 15 is 0 Å². The minimum absolute atomic E-state index is 0.422. The molecule has 2 heterocycles. The molecule has 1 saturated heterocycles. The number of nitrogens with zero attached hydrogens (tertiary/aromatic N) is 2. The number of carboxylic acids is 1. The lowest BCUT2D eigenvalue weighted by molar-refractivity contribution is -0.142. The standard InChI is InChI=1S/C15H15ClN2O3/c16-11-5-3-10(4-6-11)13-8-12(21-17-13)9-18-7-1-2-14(18)15(19)20/h3-6,8,14H,1-2,7,9H2,(H,19,20). The molecular formula is C15H15ClN2O3. The van der Waals surface area contributed by atoms with Gasteiger partial charge in [-0.3, -0.25) is 9.69 Å². The number of likely N-dealkylation sites (tertiary alicyclic amines) is 1. The van der Waals surface area contributed by atoms with Crippen molar-refractivity contribution < 1.29 is 14.4 Å². The summed E-state index contributed by atoms with van der Waals surface area (Å²) < 4.78 is 5.32. The van der Waals surface area contributed by atoms with E-state index in [1.807, 2.05) is 23.1 Å². The molecule has 6 heteroatoms. The lowest BCUT2D eigenvalue weighted by Gasteiger charge is -2.18. The molecule has 21 heavy (non-hydrogen) atoms. The summed E-state index contributed by atoms with van der Waals surface area (Å²) in [7, 11) is 0. The van der Waals surface area contributed by atoms with Crippen LogP contribution in [0.2, 0.25) is 5.02 Å². The molecular weight excluding hydrogens is 292 g/mol. The van der Waals surface area contributed by atoms with Gasteiger partial charge in [0.1, 0.15) is 11.7 Å². The number of hydrogen-bond donors (Lipinski definition) is 1. The minimum atomic E-state index is -0.773. The molecule has 0 spiro atoms. The fourth-order valence-corrected chi connectivity index (χ4v) is 2.77. The van der Waals surface area contributed by atoms with Crippen molar-refractivity contribution in [2.45, 2.75) is 25.4 Å². The summed E-state index contributed by atoms with van der Waals surface area (Å²) in [4.78, 5) is 13.1. The number of benzene rings is 1. The Morgan fingerprint density at radius 2 is 2.19 bits per heavy atom. The average molecular weight is 307 g/mol. The molecule has 1 N–H and O–H groups in total. The van der Waals surface area contributed by atoms with Gasteiger partial charge >= 0.3 is 5.97 Å². The highest BCUT2D eigenvalue weighted by molar-refractivity contribution is 6.30. The molecule has 5 nitrogen and oxygen atoms in total. The van der Waals surface area contributed by atoms with E-state index in [1.54, 1.807) is 12.1 Å². The Balaban J connectivity index is 1.73. The van der Waals surface area contributed by atoms with Crippen LogP contribution in [0.5, 0.6) is 0 Å². The molecule has 1 fully saturated rings. The fourth-order valence-electron chi connectivity index (χ4n) is 2.64. The molecule has 0 amide bonds. The monoisotopic (exact) mass is 306 g/mol. The van der Waals surface area contributed by atoms with Crippen LogP contribution in [0, 0.1) is 0 Å². The van der Waals surface area contributed by atoms with Crippen molar-refractivity contribution in [1.82, 2.24) is 10.1 Å². The number of hydrogen-bond acceptors (Lipinski definition) is 4. The summed E-state index contributed by atoms with van der Waals surface area (Å²) >= 11 is 5.86. The van der Waals surface area contributed by atoms with Crippen LogP contribution in [0.1, 0.15) is 18.6 Å². The third kappa shape index (κ3) is 3.09. The van der Waals surface area contributed by atoms with Crippen molar-refractivity contribution in [2.24, 2.45) is 0 Å². The number of aromatic nitrogens is 1. The largest absolute Gasteiger partial charge is 0.480 e. The number of halogens is 1. The lowest BCUT2D eigenvalue weighted by atomic mass is 10.1. The third-order valence-corrected chi connectivity index (χ3v) is 3.96. The van der Waals surface area contributed by atoms with Gasteiger partial charge in [-0.25, -0.2) is 0 Å². The number of carbonyl (C=O) groups is 1. The zero-order valence-electron chi connectivity index (χ0n) is 11.3. The van der Waals surface area contributed by atoms with Gasteiger partial charge in [-0.1, -0.05) is 28.9 Å². The van der Waals surface area contributed by atoms with Gasteiger partial charge in [0, 0.05) is 16.7 Å². The number of aliphatic carboxylic acids is 1. The Bertz CT molecular complexity index is 639. The number of carboxylic acid groups (broad SMARTS) is 1. The molecule has 1 aromatic heterocycles. The van der Waals surface area contributed by atoms with Crippen LogP contribution in [-0.2, 0) is 11.3 Å². The second-order valence-corrected chi connectivity index (χ2v) is 5.59. The van der Waals surface area contributed by atoms with Crippen LogP contribution in [0.3, 0.4) is 0 Å². The predicted octanol–water partition coefficient (Wildman–Crippen LogP) is 3.04. The molecule has 2 aromatic rings. The van der Waals surface area contributed by atoms with Crippen LogP contribution >= 0.6 is 11.6 Å². The lowest BCUT2D eigenvalue weighted by Crippen LogP contribution is -2.35. The topological polar surface area (TPSA) is 66.6 Å². The van der Waals surface area contributed by atoms with Crippen molar-refractivity contribution in [3.8, 4) is 11.3 Å². The molecule has 110 valence electrons. The summed E-state index contributed by atoms with van der Waals surface area (Å²) in [6.45, 7) is 1.24. The fraction of sp³-hybridized carbons (Fsp3) is 0.333. The van der Waals surface area contributed by atoms with Crippen LogP contribution in [-0.4, -0.2) is 33.7 Å². The van der Waals surface area contributed by atoms with E-state index in [-0.39, 0.29) is 0 Å². The Labute approximate surface area is 127 Å². The van der Waals surface area contributed by atoms with Gasteiger partial charge < -0.3 is 9.63 Å². The highest BCUT2D eigenvalue weighted by Crippen LogP contribution is 2.24. The molecule has 0 radical (unpaired) electrons. The second-order valence-electron chi connectivity index (χ2n) is 5.15. The molecule has 1 atom stereocenters. The van der Waals surface area contributed by atoms with E-state index < -0.39 is 12.0 Å². The molecule has 0 bridgehead atoms. The second kappa shape index (κ2) is 5.87. The third-order valence-electron chi connectivity index (χ3n) is 3.71. The Morgan fingerprint density at radius 3 is 2.90 bits per heavy atom. The first kappa shape index (κ1) is 14.1. The van der Waals surface area contributed by atoms with Gasteiger partial charge in [0.05, 0.1) is 6.54 Å². The predicted molar refractivity (Wildman–Crippen MR) is 78.0 cm³/mol. The van der Waals surface area contributed by atoms with Gasteiger partial charge in [0.25, 0.3) is 0 Å². The SMILES string of the molecule is O=C(O)C1CCCN1Cc1cc(-c2ccc(Cl)cc2)no1. The van der Waals surface area contributed by atoms with Crippen molar-refractivity contribution in [1.29, 1.82) is 0 Å². The maximum absolute atomic E-state index is 11.2. The van der Waals surface area contributed by atoms with Crippen molar-refractivity contribution >= 4 is 17.6 Å². The highest BCUT2D eigenvalue weighted by atomic mass is 35.5. The van der Waals surface area contributed by atoms with Gasteiger partial charge in [0.15, 0.2) is 5.76 Å². The first-order valence-corrected chi connectivity index (χ1v) is 7.19. The first-order chi connectivity index (χ1) is 10.1. The van der Waals surface area contributed by atoms with Gasteiger partial charge in [0.2, 0.25) is 0 Å². The van der Waals surface area contributed by atoms with E-state index in [1.165, 1.54) is 0 Å². The molecule has 0 saturated carbocycles. The molecule has 3 rings (SSSR count). The van der Waals surface area contributed by atoms with Crippen molar-refractivity contribution in [3.05, 3.63) is 41.1 Å². The van der Waals surface area contributed by atoms with Crippen LogP contribution in [0.15, 0.2) is 34.9 Å². The molecule has 1 unspecified atom stereocenters. The van der Waals surface area contributed by atoms with E-state index in [4.69, 9.17) is 16.1 Å². The van der Waals surface area contributed by atoms with E-state index in [0.717, 1.165) is 24.2 Å². The Hall–Kier alpha value is -1.85. The van der Waals surface area contributed by atoms with E-state index in [9.17, 15) is 9.90 Å². The average Bonchev–Trinajstić information content (AvgIpc) is 3.09. The van der Waals surface area contributed by atoms with Crippen molar-refractivity contribution in [2.75, 3.05) is 6.54 Å². The van der Waals surface area contributed by atoms with E-state index in [2.05, 4.69) is 5.16 Å². The highest BCUT2D eigenvalue weighted by Gasteiger charge is 2.31. The summed E-state index contributed by atoms with van der Waals surface area (Å²) in [5, 5.41) is 13.9. The molecule has 1 aliphatic heterocycles. The van der Waals surface area contributed by atoms with Crippen molar-refractivity contribution in [3.63, 3.8) is 0 Å². The van der Waals surface area contributed by atoms with Crippen LogP contribution in [0.25, 0.3) is 11.3 Å². The Morgan fingerprint density at radius 1 is 1.43 bits per heavy atom. The zero-order valence-corrected chi connectivity index (χ0v) is 12.1. The normalized spacial score (nSPS) is 19.0. The minimum Gasteiger partial charge on any atom is -0.480 e. The maximum Gasteiger partial charge on any atom is 0.320 e.